The molecule has 3 atom stereocenters. The second-order valence-electron chi connectivity index (χ2n) is 9.60. The van der Waals surface area contributed by atoms with Gasteiger partial charge in [0.15, 0.2) is 17.5 Å². The highest BCUT2D eigenvalue weighted by Crippen LogP contribution is 2.44. The predicted molar refractivity (Wildman–Crippen MR) is 136 cm³/mol. The molecule has 2 unspecified atom stereocenters. The molecule has 2 fully saturated rings. The van der Waals surface area contributed by atoms with Crippen molar-refractivity contribution < 1.29 is 18.3 Å². The Kier molecular flexibility index (Phi) is 6.08. The number of H-pyrrole nitrogens is 1. The van der Waals surface area contributed by atoms with E-state index in [2.05, 4.69) is 20.3 Å². The van der Waals surface area contributed by atoms with Gasteiger partial charge in [0, 0.05) is 41.7 Å². The van der Waals surface area contributed by atoms with E-state index < -0.39 is 11.6 Å². The van der Waals surface area contributed by atoms with Crippen LogP contribution in [0.25, 0.3) is 16.8 Å². The lowest BCUT2D eigenvalue weighted by atomic mass is 9.92. The Balaban J connectivity index is 1.25. The van der Waals surface area contributed by atoms with Crippen molar-refractivity contribution in [2.45, 2.75) is 43.8 Å². The number of fused-ring (bicyclic) bond motifs is 1. The fraction of sp³-hybridized carbons (Fsp3) is 0.346. The average molecular weight is 527 g/mol. The summed E-state index contributed by atoms with van der Waals surface area (Å²) in [6.07, 6.45) is 7.18. The number of rotatable bonds is 5. The highest BCUT2D eigenvalue weighted by atomic mass is 35.5. The van der Waals surface area contributed by atoms with Crippen LogP contribution in [0.3, 0.4) is 0 Å². The minimum absolute atomic E-state index is 0.0174. The molecule has 0 saturated carbocycles. The number of anilines is 2. The minimum Gasteiger partial charge on any atom is -0.398 e. The molecule has 11 heteroatoms. The zero-order chi connectivity index (χ0) is 25.7. The van der Waals surface area contributed by atoms with Gasteiger partial charge in [0.05, 0.1) is 35.6 Å². The van der Waals surface area contributed by atoms with Crippen molar-refractivity contribution in [1.29, 1.82) is 0 Å². The molecule has 1 aromatic carbocycles. The van der Waals surface area contributed by atoms with Crippen LogP contribution in [0.2, 0.25) is 5.02 Å². The number of imidazole rings is 1. The van der Waals surface area contributed by atoms with E-state index in [4.69, 9.17) is 22.1 Å². The normalized spacial score (nSPS) is 23.3. The number of nitrogen functional groups attached to an aromatic ring is 1. The number of nitrogens with zero attached hydrogens (tertiary/aromatic N) is 3. The number of amides is 1. The number of nitrogens with one attached hydrogen (secondary N) is 2. The molecule has 3 aromatic rings. The van der Waals surface area contributed by atoms with Crippen LogP contribution >= 0.6 is 11.6 Å². The number of hydrogen-bond donors (Lipinski definition) is 3. The van der Waals surface area contributed by atoms with E-state index in [1.807, 2.05) is 0 Å². The van der Waals surface area contributed by atoms with Crippen molar-refractivity contribution in [3.8, 4) is 11.3 Å². The molecule has 4 N–H and O–H groups in total. The van der Waals surface area contributed by atoms with Gasteiger partial charge in [0.1, 0.15) is 5.82 Å². The van der Waals surface area contributed by atoms with Gasteiger partial charge < -0.3 is 25.7 Å². The van der Waals surface area contributed by atoms with Crippen LogP contribution in [-0.4, -0.2) is 51.1 Å². The summed E-state index contributed by atoms with van der Waals surface area (Å²) in [4.78, 5) is 26.8. The highest BCUT2D eigenvalue weighted by Gasteiger charge is 2.42. The van der Waals surface area contributed by atoms with Crippen LogP contribution in [0.15, 0.2) is 36.7 Å². The molecule has 37 heavy (non-hydrogen) atoms. The molecular weight excluding hydrogens is 502 g/mol. The molecule has 0 spiro atoms. The van der Waals surface area contributed by atoms with E-state index in [1.54, 1.807) is 29.4 Å². The highest BCUT2D eigenvalue weighted by molar-refractivity contribution is 6.31. The van der Waals surface area contributed by atoms with Gasteiger partial charge >= 0.3 is 0 Å². The summed E-state index contributed by atoms with van der Waals surface area (Å²) in [5.41, 5.74) is 7.83. The maximum Gasteiger partial charge on any atom is 0.247 e. The van der Waals surface area contributed by atoms with Crippen LogP contribution in [0, 0.1) is 11.6 Å². The molecule has 6 rings (SSSR count). The molecule has 2 aromatic heterocycles. The minimum atomic E-state index is -0.618. The molecule has 5 heterocycles. The lowest BCUT2D eigenvalue weighted by Crippen LogP contribution is -2.39. The van der Waals surface area contributed by atoms with Crippen molar-refractivity contribution in [2.24, 2.45) is 0 Å². The van der Waals surface area contributed by atoms with Gasteiger partial charge in [0.25, 0.3) is 0 Å². The standard InChI is InChI=1S/C26H25ClF2N6O2/c27-17-2-3-18(30)22(24(17)29)13-9-15-1-4-20(35(15)21(36)10-13)25-32-11-19(34-25)16-5-7-31-26(23(16)28)33-14-6-8-37-12-14/h2-3,5,7,10-11,14-15,20H,1,4,6,8-9,12,30H2,(H,31,33)(H,32,34)/t14?,15?,20-/m0/s1. The van der Waals surface area contributed by atoms with Crippen molar-refractivity contribution in [3.63, 3.8) is 0 Å². The third kappa shape index (κ3) is 4.23. The Morgan fingerprint density at radius 3 is 2.84 bits per heavy atom. The Morgan fingerprint density at radius 1 is 1.16 bits per heavy atom. The van der Waals surface area contributed by atoms with Crippen molar-refractivity contribution in [3.05, 3.63) is 64.7 Å². The van der Waals surface area contributed by atoms with Crippen molar-refractivity contribution in [2.75, 3.05) is 24.3 Å². The maximum absolute atomic E-state index is 15.3. The van der Waals surface area contributed by atoms with E-state index in [9.17, 15) is 9.18 Å². The van der Waals surface area contributed by atoms with Crippen LogP contribution in [0.4, 0.5) is 20.3 Å². The van der Waals surface area contributed by atoms with Crippen LogP contribution in [0.5, 0.6) is 0 Å². The summed E-state index contributed by atoms with van der Waals surface area (Å²) in [6, 6.07) is 4.12. The number of aromatic amines is 1. The van der Waals surface area contributed by atoms with Crippen LogP contribution < -0.4 is 11.1 Å². The average Bonchev–Trinajstić information content (AvgIpc) is 3.64. The third-order valence-corrected chi connectivity index (χ3v) is 7.61. The third-order valence-electron chi connectivity index (χ3n) is 7.32. The molecular formula is C26H25ClF2N6O2. The first-order valence-corrected chi connectivity index (χ1v) is 12.6. The maximum atomic E-state index is 15.3. The van der Waals surface area contributed by atoms with Gasteiger partial charge in [-0.3, -0.25) is 4.79 Å². The van der Waals surface area contributed by atoms with Crippen LogP contribution in [-0.2, 0) is 9.53 Å². The Labute approximate surface area is 216 Å². The summed E-state index contributed by atoms with van der Waals surface area (Å²) >= 11 is 5.97. The fourth-order valence-electron chi connectivity index (χ4n) is 5.52. The van der Waals surface area contributed by atoms with Gasteiger partial charge in [-0.25, -0.2) is 18.7 Å². The summed E-state index contributed by atoms with van der Waals surface area (Å²) in [7, 11) is 0. The van der Waals surface area contributed by atoms with Gasteiger partial charge in [0.2, 0.25) is 5.91 Å². The van der Waals surface area contributed by atoms with Gasteiger partial charge in [-0.05, 0) is 49.5 Å². The summed E-state index contributed by atoms with van der Waals surface area (Å²) < 4.78 is 35.4. The summed E-state index contributed by atoms with van der Waals surface area (Å²) in [5.74, 6) is -0.594. The first-order chi connectivity index (χ1) is 17.9. The van der Waals surface area contributed by atoms with E-state index in [0.29, 0.717) is 55.1 Å². The van der Waals surface area contributed by atoms with Gasteiger partial charge in [-0.2, -0.15) is 0 Å². The summed E-state index contributed by atoms with van der Waals surface area (Å²) in [6.45, 7) is 1.15. The number of ether oxygens (including phenoxy) is 1. The lowest BCUT2D eigenvalue weighted by molar-refractivity contribution is -0.129. The Hall–Kier alpha value is -3.50. The van der Waals surface area contributed by atoms with Gasteiger partial charge in [-0.15, -0.1) is 0 Å². The molecule has 0 bridgehead atoms. The predicted octanol–water partition coefficient (Wildman–Crippen LogP) is 4.71. The SMILES string of the molecule is Nc1ccc(Cl)c(F)c1C1=CC(=O)N2C(CC[C@H]2c2ncc(-c3ccnc(NC4CCOC4)c3F)[nH]2)C1. The number of aromatic nitrogens is 3. The molecule has 0 radical (unpaired) electrons. The largest absolute Gasteiger partial charge is 0.398 e. The second kappa shape index (κ2) is 9.42. The molecule has 1 amide bonds. The second-order valence-corrected chi connectivity index (χ2v) is 10.0. The molecule has 0 aliphatic carbocycles. The molecule has 3 aliphatic heterocycles. The Bertz CT molecular complexity index is 1400. The van der Waals surface area contributed by atoms with Crippen molar-refractivity contribution >= 4 is 34.6 Å². The van der Waals surface area contributed by atoms with Crippen LogP contribution in [0.1, 0.15) is 43.1 Å². The van der Waals surface area contributed by atoms with E-state index in [1.165, 1.54) is 12.1 Å². The number of hydrogen-bond acceptors (Lipinski definition) is 6. The Morgan fingerprint density at radius 2 is 2.03 bits per heavy atom. The first-order valence-electron chi connectivity index (χ1n) is 12.2. The zero-order valence-corrected chi connectivity index (χ0v) is 20.6. The molecule has 8 nitrogen and oxygen atoms in total. The van der Waals surface area contributed by atoms with Crippen molar-refractivity contribution in [1.82, 2.24) is 19.9 Å². The fourth-order valence-corrected chi connectivity index (χ4v) is 5.68. The number of nitrogens with two attached hydrogens (primary N) is 1. The number of pyridine rings is 1. The van der Waals surface area contributed by atoms with Gasteiger partial charge in [-0.1, -0.05) is 11.6 Å². The van der Waals surface area contributed by atoms with E-state index in [-0.39, 0.29) is 46.1 Å². The van der Waals surface area contributed by atoms with E-state index >= 15 is 4.39 Å². The number of carbonyl (C=O) groups excluding carboxylic acids is 1. The first kappa shape index (κ1) is 23.9. The number of carbonyl (C=O) groups is 1. The quantitative estimate of drug-likeness (QED) is 0.416. The zero-order valence-electron chi connectivity index (χ0n) is 19.8. The summed E-state index contributed by atoms with van der Waals surface area (Å²) in [5, 5.41) is 3.07. The smallest absolute Gasteiger partial charge is 0.247 e. The molecule has 2 saturated heterocycles. The lowest BCUT2D eigenvalue weighted by Gasteiger charge is -2.33. The molecule has 192 valence electrons. The number of halogens is 3. The number of benzene rings is 1. The van der Waals surface area contributed by atoms with E-state index in [0.717, 1.165) is 6.42 Å². The molecule has 3 aliphatic rings. The monoisotopic (exact) mass is 526 g/mol. The topological polar surface area (TPSA) is 109 Å².